The van der Waals surface area contributed by atoms with Gasteiger partial charge in [-0.2, -0.15) is 0 Å². The number of nitro benzene ring substituents is 1. The van der Waals surface area contributed by atoms with E-state index in [1.165, 1.54) is 18.2 Å². The van der Waals surface area contributed by atoms with Crippen LogP contribution in [-0.2, 0) is 4.79 Å². The van der Waals surface area contributed by atoms with Crippen LogP contribution in [0.15, 0.2) is 18.2 Å². The highest BCUT2D eigenvalue weighted by Gasteiger charge is 2.40. The van der Waals surface area contributed by atoms with Gasteiger partial charge in [-0.25, -0.2) is 0 Å². The molecule has 2 rings (SSSR count). The molecule has 0 spiro atoms. The maximum atomic E-state index is 12.6. The Morgan fingerprint density at radius 2 is 2.33 bits per heavy atom. The Balaban J connectivity index is 2.25. The molecule has 2 N–H and O–H groups in total. The van der Waals surface area contributed by atoms with Gasteiger partial charge >= 0.3 is 0 Å². The number of nitrogens with zero attached hydrogens (tertiary/aromatic N) is 1. The predicted molar refractivity (Wildman–Crippen MR) is 81.6 cm³/mol. The van der Waals surface area contributed by atoms with Crippen molar-refractivity contribution in [2.45, 2.75) is 26.2 Å². The molecule has 1 heterocycles. The normalized spacial score (nSPS) is 21.2. The van der Waals surface area contributed by atoms with Crippen LogP contribution < -0.4 is 10.6 Å². The lowest BCUT2D eigenvalue weighted by atomic mass is 9.81. The number of nitro groups is 1. The van der Waals surface area contributed by atoms with Crippen LogP contribution in [0.25, 0.3) is 0 Å². The van der Waals surface area contributed by atoms with Crippen LogP contribution in [0.4, 0.5) is 11.4 Å². The Kier molecular flexibility index (Phi) is 4.80. The highest BCUT2D eigenvalue weighted by Crippen LogP contribution is 2.34. The van der Waals surface area contributed by atoms with Gasteiger partial charge < -0.3 is 10.6 Å². The molecule has 1 unspecified atom stereocenters. The lowest BCUT2D eigenvalue weighted by Gasteiger charge is -2.26. The number of anilines is 1. The first-order valence-electron chi connectivity index (χ1n) is 6.94. The first-order valence-corrected chi connectivity index (χ1v) is 7.32. The summed E-state index contributed by atoms with van der Waals surface area (Å²) in [6, 6.07) is 4.25. The molecule has 1 aromatic carbocycles. The van der Waals surface area contributed by atoms with E-state index in [4.69, 9.17) is 11.6 Å². The smallest absolute Gasteiger partial charge is 0.294 e. The number of benzene rings is 1. The number of amides is 1. The van der Waals surface area contributed by atoms with Crippen molar-refractivity contribution in [2.24, 2.45) is 5.41 Å². The Bertz CT molecular complexity index is 556. The minimum atomic E-state index is -0.541. The SMILES string of the molecule is CCCC1(C(=O)Nc2ccc(Cl)cc2[N+](=O)[O-])CCNC1. The molecule has 0 saturated carbocycles. The number of rotatable bonds is 5. The number of nitrogens with one attached hydrogen (secondary N) is 2. The molecule has 7 heteroatoms. The van der Waals surface area contributed by atoms with E-state index in [0.29, 0.717) is 6.54 Å². The van der Waals surface area contributed by atoms with Gasteiger partial charge in [0.25, 0.3) is 5.69 Å². The summed E-state index contributed by atoms with van der Waals surface area (Å²) >= 11 is 5.77. The highest BCUT2D eigenvalue weighted by atomic mass is 35.5. The van der Waals surface area contributed by atoms with E-state index in [2.05, 4.69) is 10.6 Å². The average Bonchev–Trinajstić information content (AvgIpc) is 2.91. The molecular formula is C14H18ClN3O3. The topological polar surface area (TPSA) is 84.3 Å². The van der Waals surface area contributed by atoms with Crippen LogP contribution in [0.1, 0.15) is 26.2 Å². The fraction of sp³-hybridized carbons (Fsp3) is 0.500. The Labute approximate surface area is 128 Å². The van der Waals surface area contributed by atoms with E-state index in [9.17, 15) is 14.9 Å². The molecule has 1 saturated heterocycles. The highest BCUT2D eigenvalue weighted by molar-refractivity contribution is 6.31. The molecule has 0 radical (unpaired) electrons. The minimum Gasteiger partial charge on any atom is -0.320 e. The van der Waals surface area contributed by atoms with Gasteiger partial charge in [0.15, 0.2) is 0 Å². The second-order valence-corrected chi connectivity index (χ2v) is 5.77. The van der Waals surface area contributed by atoms with Crippen LogP contribution in [0.3, 0.4) is 0 Å². The molecule has 0 bridgehead atoms. The maximum absolute atomic E-state index is 12.6. The van der Waals surface area contributed by atoms with Crippen molar-refractivity contribution in [1.82, 2.24) is 5.32 Å². The second kappa shape index (κ2) is 6.41. The van der Waals surface area contributed by atoms with E-state index >= 15 is 0 Å². The molecule has 6 nitrogen and oxygen atoms in total. The fourth-order valence-electron chi connectivity index (χ4n) is 2.76. The number of halogens is 1. The van der Waals surface area contributed by atoms with Gasteiger partial charge in [0.2, 0.25) is 5.91 Å². The third kappa shape index (κ3) is 3.33. The number of hydrogen-bond donors (Lipinski definition) is 2. The summed E-state index contributed by atoms with van der Waals surface area (Å²) in [4.78, 5) is 23.1. The molecule has 1 fully saturated rings. The summed E-state index contributed by atoms with van der Waals surface area (Å²) in [5.74, 6) is -0.167. The van der Waals surface area contributed by atoms with Crippen LogP contribution in [0.2, 0.25) is 5.02 Å². The first kappa shape index (κ1) is 15.7. The Morgan fingerprint density at radius 3 is 2.90 bits per heavy atom. The molecule has 1 aliphatic heterocycles. The lowest BCUT2D eigenvalue weighted by molar-refractivity contribution is -0.383. The lowest BCUT2D eigenvalue weighted by Crippen LogP contribution is -2.38. The maximum Gasteiger partial charge on any atom is 0.294 e. The van der Waals surface area contributed by atoms with E-state index in [1.54, 1.807) is 0 Å². The molecule has 21 heavy (non-hydrogen) atoms. The van der Waals surface area contributed by atoms with Crippen molar-refractivity contribution < 1.29 is 9.72 Å². The van der Waals surface area contributed by atoms with E-state index in [0.717, 1.165) is 25.8 Å². The van der Waals surface area contributed by atoms with Crippen molar-refractivity contribution in [3.8, 4) is 0 Å². The van der Waals surface area contributed by atoms with Gasteiger partial charge in [0, 0.05) is 17.6 Å². The number of carbonyl (C=O) groups excluding carboxylic acids is 1. The number of carbonyl (C=O) groups is 1. The molecule has 114 valence electrons. The van der Waals surface area contributed by atoms with Crippen LogP contribution in [0, 0.1) is 15.5 Å². The standard InChI is InChI=1S/C14H18ClN3O3/c1-2-5-14(6-7-16-9-14)13(19)17-11-4-3-10(15)8-12(11)18(20)21/h3-4,8,16H,2,5-7,9H2,1H3,(H,17,19). The van der Waals surface area contributed by atoms with Gasteiger partial charge in [-0.05, 0) is 31.5 Å². The van der Waals surface area contributed by atoms with E-state index < -0.39 is 10.3 Å². The van der Waals surface area contributed by atoms with Crippen molar-refractivity contribution in [3.63, 3.8) is 0 Å². The summed E-state index contributed by atoms with van der Waals surface area (Å²) < 4.78 is 0. The summed E-state index contributed by atoms with van der Waals surface area (Å²) in [5.41, 5.74) is -0.479. The Morgan fingerprint density at radius 1 is 1.57 bits per heavy atom. The average molecular weight is 312 g/mol. The summed E-state index contributed by atoms with van der Waals surface area (Å²) in [6.07, 6.45) is 2.39. The Hall–Kier alpha value is -1.66. The predicted octanol–water partition coefficient (Wildman–Crippen LogP) is 2.97. The molecular weight excluding hydrogens is 294 g/mol. The van der Waals surface area contributed by atoms with Gasteiger partial charge in [-0.15, -0.1) is 0 Å². The fourth-order valence-corrected chi connectivity index (χ4v) is 2.93. The van der Waals surface area contributed by atoms with Gasteiger partial charge in [0.1, 0.15) is 5.69 Å². The zero-order chi connectivity index (χ0) is 15.5. The van der Waals surface area contributed by atoms with Crippen molar-refractivity contribution >= 4 is 28.9 Å². The zero-order valence-electron chi connectivity index (χ0n) is 11.8. The summed E-state index contributed by atoms with van der Waals surface area (Å²) in [6.45, 7) is 3.42. The molecule has 1 atom stereocenters. The summed E-state index contributed by atoms with van der Waals surface area (Å²) in [5, 5.41) is 17.2. The monoisotopic (exact) mass is 311 g/mol. The van der Waals surface area contributed by atoms with Gasteiger partial charge in [0.05, 0.1) is 10.3 Å². The second-order valence-electron chi connectivity index (χ2n) is 5.33. The third-order valence-electron chi connectivity index (χ3n) is 3.86. The molecule has 1 aliphatic rings. The van der Waals surface area contributed by atoms with Crippen molar-refractivity contribution in [2.75, 3.05) is 18.4 Å². The van der Waals surface area contributed by atoms with E-state index in [1.807, 2.05) is 6.92 Å². The summed E-state index contributed by atoms with van der Waals surface area (Å²) in [7, 11) is 0. The molecule has 1 amide bonds. The molecule has 0 aromatic heterocycles. The third-order valence-corrected chi connectivity index (χ3v) is 4.09. The van der Waals surface area contributed by atoms with Crippen LogP contribution in [0.5, 0.6) is 0 Å². The van der Waals surface area contributed by atoms with Gasteiger partial charge in [-0.3, -0.25) is 14.9 Å². The van der Waals surface area contributed by atoms with Crippen LogP contribution >= 0.6 is 11.6 Å². The quantitative estimate of drug-likeness (QED) is 0.646. The van der Waals surface area contributed by atoms with Crippen molar-refractivity contribution in [1.29, 1.82) is 0 Å². The van der Waals surface area contributed by atoms with E-state index in [-0.39, 0.29) is 22.3 Å². The van der Waals surface area contributed by atoms with Crippen LogP contribution in [-0.4, -0.2) is 23.9 Å². The zero-order valence-corrected chi connectivity index (χ0v) is 12.6. The first-order chi connectivity index (χ1) is 9.98. The van der Waals surface area contributed by atoms with Gasteiger partial charge in [-0.1, -0.05) is 24.9 Å². The van der Waals surface area contributed by atoms with Crippen molar-refractivity contribution in [3.05, 3.63) is 33.3 Å². The molecule has 0 aliphatic carbocycles. The minimum absolute atomic E-state index is 0.167. The largest absolute Gasteiger partial charge is 0.320 e. The molecule has 1 aromatic rings. The number of hydrogen-bond acceptors (Lipinski definition) is 4.